The molecule has 1 aliphatic heterocycles. The number of amides is 1. The van der Waals surface area contributed by atoms with Crippen molar-refractivity contribution >= 4 is 15.7 Å². The van der Waals surface area contributed by atoms with E-state index < -0.39 is 21.3 Å². The Labute approximate surface area is 134 Å². The highest BCUT2D eigenvalue weighted by Gasteiger charge is 2.29. The average Bonchev–Trinajstić information content (AvgIpc) is 2.95. The molecule has 1 fully saturated rings. The first-order chi connectivity index (χ1) is 10.8. The predicted molar refractivity (Wildman–Crippen MR) is 83.1 cm³/mol. The Kier molecular flexibility index (Phi) is 5.69. The van der Waals surface area contributed by atoms with Gasteiger partial charge in [0.1, 0.15) is 0 Å². The van der Waals surface area contributed by atoms with E-state index in [1.807, 2.05) is 7.05 Å². The van der Waals surface area contributed by atoms with E-state index in [1.54, 1.807) is 4.90 Å². The molecule has 128 valence electrons. The smallest absolute Gasteiger partial charge is 0.334 e. The summed E-state index contributed by atoms with van der Waals surface area (Å²) in [5.74, 6) is -4.24. The number of nitrogens with one attached hydrogen (secondary N) is 1. The Bertz CT molecular complexity index is 647. The zero-order valence-electron chi connectivity index (χ0n) is 12.8. The van der Waals surface area contributed by atoms with E-state index in [9.17, 15) is 22.0 Å². The maximum atomic E-state index is 12.5. The first kappa shape index (κ1) is 17.8. The van der Waals surface area contributed by atoms with E-state index in [0.29, 0.717) is 12.1 Å². The van der Waals surface area contributed by atoms with Gasteiger partial charge in [-0.1, -0.05) is 12.1 Å². The summed E-state index contributed by atoms with van der Waals surface area (Å²) >= 11 is 0. The number of benzene rings is 1. The van der Waals surface area contributed by atoms with Crippen LogP contribution in [0, 0.1) is 0 Å². The third-order valence-electron chi connectivity index (χ3n) is 3.92. The standard InChI is InChI=1S/C15H20F2N2O3S/c1-18-9-13-3-2-8-19(13)14(20)12-6-4-11(5-7-12)10-23(21,22)15(16)17/h4-7,13,15,18H,2-3,8-10H2,1H3. The van der Waals surface area contributed by atoms with Gasteiger partial charge >= 0.3 is 5.76 Å². The van der Waals surface area contributed by atoms with Crippen LogP contribution in [0.2, 0.25) is 0 Å². The molecular weight excluding hydrogens is 326 g/mol. The normalized spacial score (nSPS) is 18.6. The number of halogens is 2. The van der Waals surface area contributed by atoms with E-state index >= 15 is 0 Å². The van der Waals surface area contributed by atoms with Crippen LogP contribution < -0.4 is 5.32 Å². The SMILES string of the molecule is CNCC1CCCN1C(=O)c1ccc(CS(=O)(=O)C(F)F)cc1. The Balaban J connectivity index is 2.09. The third-order valence-corrected chi connectivity index (χ3v) is 5.20. The van der Waals surface area contributed by atoms with Gasteiger partial charge in [0, 0.05) is 24.7 Å². The van der Waals surface area contributed by atoms with Crippen molar-refractivity contribution in [3.63, 3.8) is 0 Å². The van der Waals surface area contributed by atoms with Gasteiger partial charge in [0.05, 0.1) is 5.75 Å². The zero-order valence-corrected chi connectivity index (χ0v) is 13.7. The van der Waals surface area contributed by atoms with Crippen molar-refractivity contribution in [1.29, 1.82) is 0 Å². The van der Waals surface area contributed by atoms with Gasteiger partial charge in [-0.15, -0.1) is 0 Å². The first-order valence-corrected chi connectivity index (χ1v) is 9.11. The molecule has 1 unspecified atom stereocenters. The maximum absolute atomic E-state index is 12.5. The lowest BCUT2D eigenvalue weighted by molar-refractivity contribution is 0.0737. The molecule has 1 aromatic carbocycles. The number of hydrogen-bond donors (Lipinski definition) is 1. The molecule has 2 rings (SSSR count). The van der Waals surface area contributed by atoms with E-state index in [-0.39, 0.29) is 17.5 Å². The van der Waals surface area contributed by atoms with E-state index in [0.717, 1.165) is 19.4 Å². The summed E-state index contributed by atoms with van der Waals surface area (Å²) < 4.78 is 47.2. The molecule has 1 N–H and O–H groups in total. The fourth-order valence-electron chi connectivity index (χ4n) is 2.76. The number of likely N-dealkylation sites (N-methyl/N-ethyl adjacent to an activating group) is 1. The van der Waals surface area contributed by atoms with Crippen molar-refractivity contribution in [3.05, 3.63) is 35.4 Å². The summed E-state index contributed by atoms with van der Waals surface area (Å²) in [4.78, 5) is 14.3. The molecule has 0 radical (unpaired) electrons. The summed E-state index contributed by atoms with van der Waals surface area (Å²) in [5.41, 5.74) is 0.682. The first-order valence-electron chi connectivity index (χ1n) is 7.39. The van der Waals surface area contributed by atoms with Crippen molar-refractivity contribution in [2.24, 2.45) is 0 Å². The maximum Gasteiger partial charge on any atom is 0.337 e. The Hall–Kier alpha value is -1.54. The minimum absolute atomic E-state index is 0.119. The zero-order chi connectivity index (χ0) is 17.0. The summed E-state index contributed by atoms with van der Waals surface area (Å²) in [5, 5.41) is 3.06. The van der Waals surface area contributed by atoms with E-state index in [4.69, 9.17) is 0 Å². The highest BCUT2D eigenvalue weighted by atomic mass is 32.2. The van der Waals surface area contributed by atoms with Gasteiger partial charge in [0.2, 0.25) is 9.84 Å². The summed E-state index contributed by atoms with van der Waals surface area (Å²) in [6.07, 6.45) is 1.89. The van der Waals surface area contributed by atoms with Crippen LogP contribution in [0.1, 0.15) is 28.8 Å². The highest BCUT2D eigenvalue weighted by Crippen LogP contribution is 2.20. The number of carbonyl (C=O) groups is 1. The van der Waals surface area contributed by atoms with Crippen LogP contribution in [0.15, 0.2) is 24.3 Å². The molecule has 1 atom stereocenters. The lowest BCUT2D eigenvalue weighted by Crippen LogP contribution is -2.40. The molecule has 1 heterocycles. The minimum atomic E-state index is -4.45. The second-order valence-corrected chi connectivity index (χ2v) is 7.59. The molecule has 1 saturated heterocycles. The van der Waals surface area contributed by atoms with Gasteiger partial charge in [0.15, 0.2) is 0 Å². The van der Waals surface area contributed by atoms with E-state index in [2.05, 4.69) is 5.32 Å². The van der Waals surface area contributed by atoms with Crippen LogP contribution in [-0.2, 0) is 15.6 Å². The predicted octanol–water partition coefficient (Wildman–Crippen LogP) is 1.65. The molecule has 1 amide bonds. The van der Waals surface area contributed by atoms with Crippen LogP contribution in [-0.4, -0.2) is 51.2 Å². The van der Waals surface area contributed by atoms with Crippen LogP contribution in [0.25, 0.3) is 0 Å². The number of likely N-dealkylation sites (tertiary alicyclic amines) is 1. The number of carbonyl (C=O) groups excluding carboxylic acids is 1. The molecule has 8 heteroatoms. The van der Waals surface area contributed by atoms with Gasteiger partial charge in [-0.25, -0.2) is 8.42 Å². The van der Waals surface area contributed by atoms with Gasteiger partial charge in [-0.2, -0.15) is 8.78 Å². The molecule has 0 bridgehead atoms. The quantitative estimate of drug-likeness (QED) is 0.851. The number of rotatable bonds is 6. The second-order valence-electron chi connectivity index (χ2n) is 5.62. The molecule has 0 aliphatic carbocycles. The lowest BCUT2D eigenvalue weighted by Gasteiger charge is -2.24. The van der Waals surface area contributed by atoms with Gasteiger partial charge in [-0.05, 0) is 37.6 Å². The summed E-state index contributed by atoms with van der Waals surface area (Å²) in [7, 11) is -2.62. The Morgan fingerprint density at radius 2 is 2.00 bits per heavy atom. The van der Waals surface area contributed by atoms with Crippen molar-refractivity contribution in [2.75, 3.05) is 20.1 Å². The molecular formula is C15H20F2N2O3S. The van der Waals surface area contributed by atoms with Crippen molar-refractivity contribution < 1.29 is 22.0 Å². The average molecular weight is 346 g/mol. The third kappa shape index (κ3) is 4.26. The van der Waals surface area contributed by atoms with Crippen LogP contribution in [0.5, 0.6) is 0 Å². The number of alkyl halides is 2. The fourth-order valence-corrected chi connectivity index (χ4v) is 3.54. The Morgan fingerprint density at radius 3 is 2.57 bits per heavy atom. The topological polar surface area (TPSA) is 66.5 Å². The van der Waals surface area contributed by atoms with Gasteiger partial charge < -0.3 is 10.2 Å². The van der Waals surface area contributed by atoms with Crippen LogP contribution >= 0.6 is 0 Å². The molecule has 0 aromatic heterocycles. The molecule has 0 spiro atoms. The van der Waals surface area contributed by atoms with Gasteiger partial charge in [0.25, 0.3) is 5.91 Å². The van der Waals surface area contributed by atoms with Crippen molar-refractivity contribution in [3.8, 4) is 0 Å². The largest absolute Gasteiger partial charge is 0.337 e. The summed E-state index contributed by atoms with van der Waals surface area (Å²) in [6.45, 7) is 1.41. The number of sulfone groups is 1. The fraction of sp³-hybridized carbons (Fsp3) is 0.533. The second kappa shape index (κ2) is 7.35. The molecule has 1 aromatic rings. The van der Waals surface area contributed by atoms with Crippen molar-refractivity contribution in [1.82, 2.24) is 10.2 Å². The molecule has 5 nitrogen and oxygen atoms in total. The van der Waals surface area contributed by atoms with Crippen molar-refractivity contribution in [2.45, 2.75) is 30.4 Å². The minimum Gasteiger partial charge on any atom is -0.334 e. The molecule has 23 heavy (non-hydrogen) atoms. The Morgan fingerprint density at radius 1 is 1.35 bits per heavy atom. The van der Waals surface area contributed by atoms with Crippen LogP contribution in [0.3, 0.4) is 0 Å². The molecule has 1 aliphatic rings. The monoisotopic (exact) mass is 346 g/mol. The lowest BCUT2D eigenvalue weighted by atomic mass is 10.1. The van der Waals surface area contributed by atoms with Crippen LogP contribution in [0.4, 0.5) is 8.78 Å². The number of nitrogens with zero attached hydrogens (tertiary/aromatic N) is 1. The highest BCUT2D eigenvalue weighted by molar-refractivity contribution is 7.90. The number of hydrogen-bond acceptors (Lipinski definition) is 4. The summed E-state index contributed by atoms with van der Waals surface area (Å²) in [6, 6.07) is 5.96. The van der Waals surface area contributed by atoms with E-state index in [1.165, 1.54) is 24.3 Å². The van der Waals surface area contributed by atoms with Gasteiger partial charge in [-0.3, -0.25) is 4.79 Å². The molecule has 0 saturated carbocycles.